The first kappa shape index (κ1) is 11.9. The molecule has 2 saturated carbocycles. The highest BCUT2D eigenvalue weighted by atomic mass is 15.3. The fourth-order valence-corrected chi connectivity index (χ4v) is 3.58. The largest absolute Gasteiger partial charge is 0.329 e. The first-order valence-electron chi connectivity index (χ1n) is 7.32. The Bertz CT molecular complexity index is 285. The monoisotopic (exact) mass is 237 g/mol. The quantitative estimate of drug-likeness (QED) is 0.782. The van der Waals surface area contributed by atoms with Crippen molar-refractivity contribution >= 4 is 0 Å². The normalized spacial score (nSPS) is 39.2. The van der Waals surface area contributed by atoms with E-state index in [4.69, 9.17) is 5.73 Å². The molecule has 2 atom stereocenters. The molecule has 3 rings (SSSR count). The molecule has 0 bridgehead atoms. The van der Waals surface area contributed by atoms with Crippen molar-refractivity contribution in [2.45, 2.75) is 56.7 Å². The van der Waals surface area contributed by atoms with Crippen molar-refractivity contribution in [1.82, 2.24) is 9.80 Å². The SMILES string of the molecule is CC1CC(CN)(N(C)CC2CC2)CN1C1CC1. The molecule has 0 amide bonds. The van der Waals surface area contributed by atoms with Crippen LogP contribution in [0.1, 0.15) is 39.0 Å². The number of likely N-dealkylation sites (tertiary alicyclic amines) is 1. The molecule has 0 spiro atoms. The lowest BCUT2D eigenvalue weighted by molar-refractivity contribution is 0.122. The van der Waals surface area contributed by atoms with E-state index in [-0.39, 0.29) is 5.54 Å². The van der Waals surface area contributed by atoms with E-state index in [9.17, 15) is 0 Å². The summed E-state index contributed by atoms with van der Waals surface area (Å²) in [6.07, 6.45) is 6.97. The van der Waals surface area contributed by atoms with Gasteiger partial charge < -0.3 is 5.73 Å². The summed E-state index contributed by atoms with van der Waals surface area (Å²) in [5.74, 6) is 0.966. The Labute approximate surface area is 105 Å². The maximum atomic E-state index is 6.14. The van der Waals surface area contributed by atoms with Crippen molar-refractivity contribution < 1.29 is 0 Å². The number of hydrogen-bond donors (Lipinski definition) is 1. The molecule has 0 aromatic heterocycles. The molecule has 3 nitrogen and oxygen atoms in total. The molecule has 3 fully saturated rings. The number of nitrogens with zero attached hydrogens (tertiary/aromatic N) is 2. The Kier molecular flexibility index (Phi) is 2.96. The van der Waals surface area contributed by atoms with Gasteiger partial charge in [0, 0.05) is 37.3 Å². The second kappa shape index (κ2) is 4.22. The van der Waals surface area contributed by atoms with Gasteiger partial charge in [0.15, 0.2) is 0 Å². The Morgan fingerprint density at radius 2 is 2.00 bits per heavy atom. The second-order valence-corrected chi connectivity index (χ2v) is 6.71. The Balaban J connectivity index is 1.68. The van der Waals surface area contributed by atoms with Crippen LogP contribution >= 0.6 is 0 Å². The average molecular weight is 237 g/mol. The Morgan fingerprint density at radius 3 is 2.53 bits per heavy atom. The van der Waals surface area contributed by atoms with Gasteiger partial charge in [0.25, 0.3) is 0 Å². The van der Waals surface area contributed by atoms with Crippen molar-refractivity contribution in [1.29, 1.82) is 0 Å². The minimum absolute atomic E-state index is 0.268. The molecule has 1 saturated heterocycles. The van der Waals surface area contributed by atoms with Crippen LogP contribution < -0.4 is 5.73 Å². The summed E-state index contributed by atoms with van der Waals surface area (Å²) >= 11 is 0. The average Bonchev–Trinajstić information content (AvgIpc) is 3.19. The van der Waals surface area contributed by atoms with Gasteiger partial charge in [-0.2, -0.15) is 0 Å². The molecule has 0 aromatic rings. The zero-order valence-corrected chi connectivity index (χ0v) is 11.4. The lowest BCUT2D eigenvalue weighted by atomic mass is 9.94. The highest BCUT2D eigenvalue weighted by Gasteiger charge is 2.48. The second-order valence-electron chi connectivity index (χ2n) is 6.71. The van der Waals surface area contributed by atoms with Crippen LogP contribution in [-0.4, -0.2) is 54.1 Å². The number of rotatable bonds is 5. The summed E-state index contributed by atoms with van der Waals surface area (Å²) in [4.78, 5) is 5.31. The van der Waals surface area contributed by atoms with Gasteiger partial charge in [0.05, 0.1) is 0 Å². The van der Waals surface area contributed by atoms with E-state index in [1.165, 1.54) is 45.2 Å². The lowest BCUT2D eigenvalue weighted by Crippen LogP contribution is -2.54. The van der Waals surface area contributed by atoms with Crippen molar-refractivity contribution in [2.75, 3.05) is 26.7 Å². The van der Waals surface area contributed by atoms with Crippen LogP contribution in [0.3, 0.4) is 0 Å². The Morgan fingerprint density at radius 1 is 1.29 bits per heavy atom. The van der Waals surface area contributed by atoms with E-state index in [1.807, 2.05) is 0 Å². The van der Waals surface area contributed by atoms with Crippen LogP contribution in [0.4, 0.5) is 0 Å². The van der Waals surface area contributed by atoms with E-state index in [0.29, 0.717) is 0 Å². The minimum Gasteiger partial charge on any atom is -0.329 e. The van der Waals surface area contributed by atoms with E-state index < -0.39 is 0 Å². The molecule has 3 aliphatic rings. The first-order chi connectivity index (χ1) is 8.14. The fourth-order valence-electron chi connectivity index (χ4n) is 3.58. The van der Waals surface area contributed by atoms with Gasteiger partial charge in [-0.25, -0.2) is 0 Å². The Hall–Kier alpha value is -0.120. The van der Waals surface area contributed by atoms with Gasteiger partial charge in [-0.15, -0.1) is 0 Å². The maximum Gasteiger partial charge on any atom is 0.0470 e. The van der Waals surface area contributed by atoms with Crippen LogP contribution in [0.25, 0.3) is 0 Å². The molecular formula is C14H27N3. The van der Waals surface area contributed by atoms with Crippen molar-refractivity contribution in [2.24, 2.45) is 11.7 Å². The number of likely N-dealkylation sites (N-methyl/N-ethyl adjacent to an activating group) is 1. The van der Waals surface area contributed by atoms with Crippen LogP contribution in [0.15, 0.2) is 0 Å². The van der Waals surface area contributed by atoms with Crippen LogP contribution in [0, 0.1) is 5.92 Å². The zero-order chi connectivity index (χ0) is 12.0. The summed E-state index contributed by atoms with van der Waals surface area (Å²) in [5, 5.41) is 0. The fraction of sp³-hybridized carbons (Fsp3) is 1.00. The molecule has 1 aliphatic heterocycles. The van der Waals surface area contributed by atoms with Gasteiger partial charge in [-0.3, -0.25) is 9.80 Å². The van der Waals surface area contributed by atoms with Gasteiger partial charge >= 0.3 is 0 Å². The number of hydrogen-bond acceptors (Lipinski definition) is 3. The van der Waals surface area contributed by atoms with Gasteiger partial charge in [-0.05, 0) is 52.0 Å². The molecule has 3 heteroatoms. The minimum atomic E-state index is 0.268. The molecule has 1 heterocycles. The molecule has 17 heavy (non-hydrogen) atoms. The topological polar surface area (TPSA) is 32.5 Å². The van der Waals surface area contributed by atoms with Gasteiger partial charge in [0.2, 0.25) is 0 Å². The highest BCUT2D eigenvalue weighted by molar-refractivity contribution is 5.06. The summed E-state index contributed by atoms with van der Waals surface area (Å²) in [6.45, 7) is 5.69. The predicted octanol–water partition coefficient (Wildman–Crippen LogP) is 1.28. The first-order valence-corrected chi connectivity index (χ1v) is 7.32. The standard InChI is InChI=1S/C14H27N3/c1-11-7-14(9-15,10-17(11)13-5-6-13)16(2)8-12-3-4-12/h11-13H,3-10,15H2,1-2H3. The van der Waals surface area contributed by atoms with Crippen LogP contribution in [0.5, 0.6) is 0 Å². The van der Waals surface area contributed by atoms with Gasteiger partial charge in [-0.1, -0.05) is 0 Å². The predicted molar refractivity (Wildman–Crippen MR) is 70.9 cm³/mol. The molecule has 0 aromatic carbocycles. The summed E-state index contributed by atoms with van der Waals surface area (Å²) < 4.78 is 0. The van der Waals surface area contributed by atoms with Crippen LogP contribution in [0.2, 0.25) is 0 Å². The molecule has 0 radical (unpaired) electrons. The molecular weight excluding hydrogens is 210 g/mol. The van der Waals surface area contributed by atoms with E-state index in [0.717, 1.165) is 24.5 Å². The zero-order valence-electron chi connectivity index (χ0n) is 11.4. The third kappa shape index (κ3) is 2.25. The van der Waals surface area contributed by atoms with Gasteiger partial charge in [0.1, 0.15) is 0 Å². The molecule has 98 valence electrons. The van der Waals surface area contributed by atoms with Crippen LogP contribution in [-0.2, 0) is 0 Å². The van der Waals surface area contributed by atoms with E-state index in [1.54, 1.807) is 0 Å². The molecule has 2 N–H and O–H groups in total. The molecule has 2 aliphatic carbocycles. The number of nitrogens with two attached hydrogens (primary N) is 1. The van der Waals surface area contributed by atoms with E-state index >= 15 is 0 Å². The smallest absolute Gasteiger partial charge is 0.0470 e. The van der Waals surface area contributed by atoms with Crippen molar-refractivity contribution in [3.8, 4) is 0 Å². The summed E-state index contributed by atoms with van der Waals surface area (Å²) in [7, 11) is 2.30. The maximum absolute atomic E-state index is 6.14. The van der Waals surface area contributed by atoms with E-state index in [2.05, 4.69) is 23.8 Å². The molecule has 2 unspecified atom stereocenters. The summed E-state index contributed by atoms with van der Waals surface area (Å²) in [5.41, 5.74) is 6.41. The lowest BCUT2D eigenvalue weighted by Gasteiger charge is -2.38. The third-order valence-corrected chi connectivity index (χ3v) is 5.15. The van der Waals surface area contributed by atoms with Crippen molar-refractivity contribution in [3.05, 3.63) is 0 Å². The summed E-state index contributed by atoms with van der Waals surface area (Å²) in [6, 6.07) is 1.61. The van der Waals surface area contributed by atoms with Crippen molar-refractivity contribution in [3.63, 3.8) is 0 Å². The third-order valence-electron chi connectivity index (χ3n) is 5.15. The highest BCUT2D eigenvalue weighted by Crippen LogP contribution is 2.40.